The van der Waals surface area contributed by atoms with Crippen molar-refractivity contribution in [2.75, 3.05) is 30.8 Å². The maximum absolute atomic E-state index is 13.7. The van der Waals surface area contributed by atoms with E-state index < -0.39 is 28.5 Å². The topological polar surface area (TPSA) is 96.0 Å². The van der Waals surface area contributed by atoms with Gasteiger partial charge in [-0.1, -0.05) is 38.1 Å². The van der Waals surface area contributed by atoms with Crippen LogP contribution >= 0.6 is 0 Å². The number of ether oxygens (including phenoxy) is 1. The van der Waals surface area contributed by atoms with Crippen molar-refractivity contribution in [1.29, 1.82) is 0 Å². The van der Waals surface area contributed by atoms with Gasteiger partial charge in [-0.25, -0.2) is 8.42 Å². The predicted molar refractivity (Wildman–Crippen MR) is 139 cm³/mol. The van der Waals surface area contributed by atoms with Gasteiger partial charge < -0.3 is 15.0 Å². The highest BCUT2D eigenvalue weighted by Gasteiger charge is 2.32. The van der Waals surface area contributed by atoms with Crippen molar-refractivity contribution in [2.24, 2.45) is 0 Å². The molecule has 0 saturated heterocycles. The molecule has 0 heterocycles. The summed E-state index contributed by atoms with van der Waals surface area (Å²) in [7, 11) is -2.21. The number of rotatable bonds is 12. The van der Waals surface area contributed by atoms with E-state index in [1.54, 1.807) is 32.2 Å². The number of methoxy groups -OCH3 is 1. The molecule has 1 atom stereocenters. The van der Waals surface area contributed by atoms with Crippen molar-refractivity contribution in [3.8, 4) is 5.75 Å². The largest absolute Gasteiger partial charge is 0.497 e. The number of carbonyl (C=O) groups excluding carboxylic acids is 2. The van der Waals surface area contributed by atoms with Crippen molar-refractivity contribution in [1.82, 2.24) is 10.2 Å². The molecule has 9 heteroatoms. The number of nitrogens with zero attached hydrogens (tertiary/aromatic N) is 2. The van der Waals surface area contributed by atoms with Crippen LogP contribution in [0.3, 0.4) is 0 Å². The van der Waals surface area contributed by atoms with Gasteiger partial charge in [0.25, 0.3) is 0 Å². The normalized spacial score (nSPS) is 12.1. The number of nitrogens with one attached hydrogen (secondary N) is 1. The third kappa shape index (κ3) is 7.71. The zero-order valence-corrected chi connectivity index (χ0v) is 22.3. The van der Waals surface area contributed by atoms with Gasteiger partial charge in [-0.05, 0) is 61.6 Å². The quantitative estimate of drug-likeness (QED) is 0.479. The van der Waals surface area contributed by atoms with Gasteiger partial charge in [0.05, 0.1) is 19.1 Å². The number of aryl methyl sites for hydroxylation is 2. The van der Waals surface area contributed by atoms with E-state index in [-0.39, 0.29) is 12.5 Å². The van der Waals surface area contributed by atoms with Gasteiger partial charge in [0.2, 0.25) is 21.8 Å². The lowest BCUT2D eigenvalue weighted by Gasteiger charge is -2.33. The summed E-state index contributed by atoms with van der Waals surface area (Å²) >= 11 is 0. The van der Waals surface area contributed by atoms with E-state index in [9.17, 15) is 18.0 Å². The molecule has 2 aromatic rings. The molecule has 2 amide bonds. The Labute approximate surface area is 209 Å². The first-order valence-corrected chi connectivity index (χ1v) is 13.6. The van der Waals surface area contributed by atoms with E-state index >= 15 is 0 Å². The van der Waals surface area contributed by atoms with Gasteiger partial charge >= 0.3 is 0 Å². The summed E-state index contributed by atoms with van der Waals surface area (Å²) in [5.74, 6) is -0.0904. The van der Waals surface area contributed by atoms with Gasteiger partial charge in [-0.15, -0.1) is 0 Å². The number of carbonyl (C=O) groups is 2. The number of amides is 2. The average Bonchev–Trinajstić information content (AvgIpc) is 2.81. The summed E-state index contributed by atoms with van der Waals surface area (Å²) in [5.41, 5.74) is 2.84. The number of sulfonamides is 1. The monoisotopic (exact) mass is 503 g/mol. The fraction of sp³-hybridized carbons (Fsp3) is 0.462. The third-order valence-electron chi connectivity index (χ3n) is 5.73. The molecule has 35 heavy (non-hydrogen) atoms. The summed E-state index contributed by atoms with van der Waals surface area (Å²) in [6.07, 6.45) is 2.23. The Bertz CT molecular complexity index is 1130. The molecule has 0 fully saturated rings. The van der Waals surface area contributed by atoms with E-state index in [2.05, 4.69) is 5.32 Å². The van der Waals surface area contributed by atoms with Crippen LogP contribution in [0.5, 0.6) is 5.75 Å². The maximum Gasteiger partial charge on any atom is 0.244 e. The molecule has 8 nitrogen and oxygen atoms in total. The van der Waals surface area contributed by atoms with Gasteiger partial charge in [0.1, 0.15) is 18.3 Å². The number of benzene rings is 2. The SMILES string of the molecule is CCCNC(=O)[C@H](CC)N(Cc1cccc(OC)c1)C(=O)CN(c1cc(C)ccc1C)S(C)(=O)=O. The van der Waals surface area contributed by atoms with Crippen LogP contribution in [-0.4, -0.2) is 57.6 Å². The van der Waals surface area contributed by atoms with Crippen LogP contribution in [0.25, 0.3) is 0 Å². The molecule has 0 radical (unpaired) electrons. The van der Waals surface area contributed by atoms with Gasteiger partial charge in [0.15, 0.2) is 0 Å². The van der Waals surface area contributed by atoms with E-state index in [1.165, 1.54) is 4.90 Å². The van der Waals surface area contributed by atoms with Gasteiger partial charge in [-0.2, -0.15) is 0 Å². The standard InChI is InChI=1S/C26H37N3O5S/c1-7-14-27-26(31)23(8-2)28(17-21-10-9-11-22(16-21)34-5)25(30)18-29(35(6,32)33)24-15-19(3)12-13-20(24)4/h9-13,15-16,23H,7-8,14,17-18H2,1-6H3,(H,27,31)/t23-/m0/s1. The van der Waals surface area contributed by atoms with Gasteiger partial charge in [0, 0.05) is 13.1 Å². The summed E-state index contributed by atoms with van der Waals surface area (Å²) < 4.78 is 32.0. The van der Waals surface area contributed by atoms with E-state index in [1.807, 2.05) is 45.0 Å². The van der Waals surface area contributed by atoms with E-state index in [0.29, 0.717) is 24.4 Å². The van der Waals surface area contributed by atoms with Gasteiger partial charge in [-0.3, -0.25) is 13.9 Å². The summed E-state index contributed by atoms with van der Waals surface area (Å²) in [5, 5.41) is 2.87. The van der Waals surface area contributed by atoms with E-state index in [0.717, 1.165) is 33.7 Å². The fourth-order valence-corrected chi connectivity index (χ4v) is 4.73. The van der Waals surface area contributed by atoms with Crippen LogP contribution in [0.2, 0.25) is 0 Å². The van der Waals surface area contributed by atoms with Crippen molar-refractivity contribution >= 4 is 27.5 Å². The lowest BCUT2D eigenvalue weighted by molar-refractivity contribution is -0.140. The molecule has 0 aliphatic heterocycles. The van der Waals surface area contributed by atoms with Crippen LogP contribution in [0.15, 0.2) is 42.5 Å². The first-order chi connectivity index (χ1) is 16.5. The second-order valence-corrected chi connectivity index (χ2v) is 10.6. The molecule has 192 valence electrons. The minimum Gasteiger partial charge on any atom is -0.497 e. The molecule has 0 bridgehead atoms. The lowest BCUT2D eigenvalue weighted by atomic mass is 10.1. The Morgan fingerprint density at radius 3 is 2.40 bits per heavy atom. The molecule has 1 N–H and O–H groups in total. The zero-order valence-electron chi connectivity index (χ0n) is 21.5. The van der Waals surface area contributed by atoms with Crippen LogP contribution in [0.4, 0.5) is 5.69 Å². The molecular weight excluding hydrogens is 466 g/mol. The highest BCUT2D eigenvalue weighted by Crippen LogP contribution is 2.25. The lowest BCUT2D eigenvalue weighted by Crippen LogP contribution is -2.52. The van der Waals surface area contributed by atoms with Crippen molar-refractivity contribution in [2.45, 2.75) is 53.1 Å². The minimum absolute atomic E-state index is 0.137. The highest BCUT2D eigenvalue weighted by molar-refractivity contribution is 7.92. The second kappa shape index (κ2) is 12.6. The van der Waals surface area contributed by atoms with Crippen LogP contribution in [-0.2, 0) is 26.2 Å². The number of anilines is 1. The summed E-state index contributed by atoms with van der Waals surface area (Å²) in [4.78, 5) is 28.2. The zero-order chi connectivity index (χ0) is 26.2. The Morgan fingerprint density at radius 2 is 1.80 bits per heavy atom. The van der Waals surface area contributed by atoms with Crippen molar-refractivity contribution in [3.63, 3.8) is 0 Å². The minimum atomic E-state index is -3.77. The molecule has 0 aliphatic carbocycles. The molecule has 0 spiro atoms. The van der Waals surface area contributed by atoms with Crippen LogP contribution in [0, 0.1) is 13.8 Å². The number of hydrogen-bond acceptors (Lipinski definition) is 5. The van der Waals surface area contributed by atoms with Crippen LogP contribution in [0.1, 0.15) is 43.4 Å². The molecule has 2 aromatic carbocycles. The molecular formula is C26H37N3O5S. The molecule has 0 aromatic heterocycles. The molecule has 0 unspecified atom stereocenters. The number of hydrogen-bond donors (Lipinski definition) is 1. The van der Waals surface area contributed by atoms with E-state index in [4.69, 9.17) is 4.74 Å². The molecule has 2 rings (SSSR count). The summed E-state index contributed by atoms with van der Waals surface area (Å²) in [6, 6.07) is 12.0. The maximum atomic E-state index is 13.7. The summed E-state index contributed by atoms with van der Waals surface area (Å²) in [6.45, 7) is 7.68. The smallest absolute Gasteiger partial charge is 0.244 e. The first kappa shape index (κ1) is 28.2. The van der Waals surface area contributed by atoms with Crippen molar-refractivity contribution < 1.29 is 22.7 Å². The Balaban J connectivity index is 2.48. The van der Waals surface area contributed by atoms with Crippen molar-refractivity contribution in [3.05, 3.63) is 59.2 Å². The predicted octanol–water partition coefficient (Wildman–Crippen LogP) is 3.41. The fourth-order valence-electron chi connectivity index (χ4n) is 3.84. The second-order valence-electron chi connectivity index (χ2n) is 8.65. The Hall–Kier alpha value is -3.07. The first-order valence-electron chi connectivity index (χ1n) is 11.8. The molecule has 0 saturated carbocycles. The highest BCUT2D eigenvalue weighted by atomic mass is 32.2. The Kier molecular flexibility index (Phi) is 10.1. The Morgan fingerprint density at radius 1 is 1.09 bits per heavy atom. The molecule has 0 aliphatic rings. The van der Waals surface area contributed by atoms with Crippen LogP contribution < -0.4 is 14.4 Å². The average molecular weight is 504 g/mol. The third-order valence-corrected chi connectivity index (χ3v) is 6.86.